The topological polar surface area (TPSA) is 71.4 Å². The Labute approximate surface area is 171 Å². The Morgan fingerprint density at radius 1 is 1.25 bits per heavy atom. The molecule has 0 spiro atoms. The zero-order valence-corrected chi connectivity index (χ0v) is 17.9. The lowest BCUT2D eigenvalue weighted by atomic mass is 9.98. The normalized spacial score (nSPS) is 15.5. The highest BCUT2D eigenvalue weighted by Crippen LogP contribution is 2.22. The molecule has 2 heterocycles. The van der Waals surface area contributed by atoms with Crippen LogP contribution in [0.3, 0.4) is 0 Å². The first-order valence-corrected chi connectivity index (χ1v) is 11.0. The van der Waals surface area contributed by atoms with E-state index < -0.39 is 0 Å². The van der Waals surface area contributed by atoms with E-state index >= 15 is 0 Å². The van der Waals surface area contributed by atoms with Crippen LogP contribution in [-0.2, 0) is 13.1 Å². The van der Waals surface area contributed by atoms with Crippen molar-refractivity contribution in [3.8, 4) is 5.88 Å². The minimum atomic E-state index is 0.310. The SMILES string of the molecule is CCNC(=NCc1ccnc(OC2CCCCC2)c1)NCc1sc(C)nc1C. The number of ether oxygens (including phenoxy) is 1. The second kappa shape index (κ2) is 10.4. The van der Waals surface area contributed by atoms with Crippen LogP contribution in [0.25, 0.3) is 0 Å². The van der Waals surface area contributed by atoms with Crippen molar-refractivity contribution < 1.29 is 4.74 Å². The summed E-state index contributed by atoms with van der Waals surface area (Å²) in [6.45, 7) is 8.29. The van der Waals surface area contributed by atoms with Gasteiger partial charge in [0, 0.05) is 23.7 Å². The Morgan fingerprint density at radius 2 is 2.07 bits per heavy atom. The number of pyridine rings is 1. The van der Waals surface area contributed by atoms with Crippen LogP contribution in [0.2, 0.25) is 0 Å². The highest BCUT2D eigenvalue weighted by atomic mass is 32.1. The van der Waals surface area contributed by atoms with Gasteiger partial charge in [0.05, 0.1) is 23.8 Å². The molecule has 0 unspecified atom stereocenters. The maximum atomic E-state index is 6.07. The van der Waals surface area contributed by atoms with Crippen molar-refractivity contribution in [2.24, 2.45) is 4.99 Å². The molecule has 1 fully saturated rings. The Hall–Kier alpha value is -2.15. The molecular weight excluding hydrogens is 370 g/mol. The number of aliphatic imine (C=N–C) groups is 1. The van der Waals surface area contributed by atoms with Crippen molar-refractivity contribution in [2.75, 3.05) is 6.54 Å². The van der Waals surface area contributed by atoms with Crippen molar-refractivity contribution in [3.63, 3.8) is 0 Å². The molecule has 28 heavy (non-hydrogen) atoms. The van der Waals surface area contributed by atoms with Gasteiger partial charge in [-0.05, 0) is 58.1 Å². The van der Waals surface area contributed by atoms with Crippen LogP contribution < -0.4 is 15.4 Å². The summed E-state index contributed by atoms with van der Waals surface area (Å²) >= 11 is 1.73. The van der Waals surface area contributed by atoms with E-state index in [1.54, 1.807) is 11.3 Å². The van der Waals surface area contributed by atoms with Gasteiger partial charge in [-0.1, -0.05) is 6.42 Å². The average molecular weight is 402 g/mol. The van der Waals surface area contributed by atoms with Crippen LogP contribution in [0, 0.1) is 13.8 Å². The number of nitrogens with zero attached hydrogens (tertiary/aromatic N) is 3. The molecule has 2 aromatic heterocycles. The van der Waals surface area contributed by atoms with Crippen molar-refractivity contribution in [3.05, 3.63) is 39.5 Å². The second-order valence-electron chi connectivity index (χ2n) is 7.17. The zero-order chi connectivity index (χ0) is 19.8. The fourth-order valence-corrected chi connectivity index (χ4v) is 4.26. The molecule has 6 nitrogen and oxygen atoms in total. The number of aromatic nitrogens is 2. The first-order chi connectivity index (χ1) is 13.6. The van der Waals surface area contributed by atoms with Gasteiger partial charge in [-0.25, -0.2) is 15.0 Å². The third kappa shape index (κ3) is 6.19. The number of nitrogens with one attached hydrogen (secondary N) is 2. The Bertz CT molecular complexity index is 783. The van der Waals surface area contributed by atoms with E-state index in [0.717, 1.165) is 48.2 Å². The van der Waals surface area contributed by atoms with Gasteiger partial charge in [0.1, 0.15) is 6.10 Å². The van der Waals surface area contributed by atoms with E-state index in [4.69, 9.17) is 9.73 Å². The Kier molecular flexibility index (Phi) is 7.65. The number of aryl methyl sites for hydroxylation is 2. The van der Waals surface area contributed by atoms with Crippen LogP contribution in [0.15, 0.2) is 23.3 Å². The summed E-state index contributed by atoms with van der Waals surface area (Å²) in [5.41, 5.74) is 2.19. The predicted octanol–water partition coefficient (Wildman–Crippen LogP) is 4.12. The van der Waals surface area contributed by atoms with Crippen LogP contribution in [0.1, 0.15) is 60.2 Å². The van der Waals surface area contributed by atoms with Crippen molar-refractivity contribution in [1.29, 1.82) is 0 Å². The summed E-state index contributed by atoms with van der Waals surface area (Å²) in [7, 11) is 0. The highest BCUT2D eigenvalue weighted by molar-refractivity contribution is 7.11. The first-order valence-electron chi connectivity index (χ1n) is 10.2. The van der Waals surface area contributed by atoms with Gasteiger partial charge in [0.2, 0.25) is 5.88 Å². The molecule has 0 amide bonds. The molecule has 1 saturated carbocycles. The number of hydrogen-bond donors (Lipinski definition) is 2. The minimum absolute atomic E-state index is 0.310. The van der Waals surface area contributed by atoms with Gasteiger partial charge >= 0.3 is 0 Å². The lowest BCUT2D eigenvalue weighted by molar-refractivity contribution is 0.148. The molecule has 1 aliphatic carbocycles. The smallest absolute Gasteiger partial charge is 0.213 e. The van der Waals surface area contributed by atoms with Gasteiger partial charge in [-0.15, -0.1) is 11.3 Å². The van der Waals surface area contributed by atoms with Crippen molar-refractivity contribution in [2.45, 2.75) is 72.1 Å². The molecule has 1 aliphatic rings. The second-order valence-corrected chi connectivity index (χ2v) is 8.46. The van der Waals surface area contributed by atoms with Gasteiger partial charge in [0.25, 0.3) is 0 Å². The molecule has 2 aromatic rings. The van der Waals surface area contributed by atoms with Crippen molar-refractivity contribution in [1.82, 2.24) is 20.6 Å². The van der Waals surface area contributed by atoms with Crippen LogP contribution in [0.4, 0.5) is 0 Å². The number of hydrogen-bond acceptors (Lipinski definition) is 5. The summed E-state index contributed by atoms with van der Waals surface area (Å²) in [6.07, 6.45) is 8.22. The molecule has 152 valence electrons. The van der Waals surface area contributed by atoms with E-state index in [2.05, 4.69) is 34.4 Å². The Balaban J connectivity index is 1.58. The lowest BCUT2D eigenvalue weighted by Crippen LogP contribution is -2.36. The maximum absolute atomic E-state index is 6.07. The van der Waals surface area contributed by atoms with Crippen LogP contribution in [0.5, 0.6) is 5.88 Å². The van der Waals surface area contributed by atoms with Gasteiger partial charge < -0.3 is 15.4 Å². The van der Waals surface area contributed by atoms with E-state index in [-0.39, 0.29) is 0 Å². The number of thiazole rings is 1. The quantitative estimate of drug-likeness (QED) is 0.539. The fourth-order valence-electron chi connectivity index (χ4n) is 3.38. The summed E-state index contributed by atoms with van der Waals surface area (Å²) in [4.78, 5) is 14.8. The Morgan fingerprint density at radius 3 is 2.79 bits per heavy atom. The zero-order valence-electron chi connectivity index (χ0n) is 17.1. The molecule has 0 atom stereocenters. The third-order valence-electron chi connectivity index (χ3n) is 4.82. The monoisotopic (exact) mass is 401 g/mol. The minimum Gasteiger partial charge on any atom is -0.474 e. The van der Waals surface area contributed by atoms with Gasteiger partial charge in [-0.2, -0.15) is 0 Å². The third-order valence-corrected chi connectivity index (χ3v) is 5.89. The van der Waals surface area contributed by atoms with E-state index in [0.29, 0.717) is 18.5 Å². The van der Waals surface area contributed by atoms with Crippen LogP contribution >= 0.6 is 11.3 Å². The molecule has 3 rings (SSSR count). The maximum Gasteiger partial charge on any atom is 0.213 e. The molecule has 0 saturated heterocycles. The summed E-state index contributed by atoms with van der Waals surface area (Å²) in [5, 5.41) is 7.81. The molecule has 0 aromatic carbocycles. The standard InChI is InChI=1S/C21H31N5OS/c1-4-22-21(25-14-19-15(2)26-16(3)28-19)24-13-17-10-11-23-20(12-17)27-18-8-6-5-7-9-18/h10-12,18H,4-9,13-14H2,1-3H3,(H2,22,24,25). The van der Waals surface area contributed by atoms with E-state index in [1.165, 1.54) is 24.1 Å². The van der Waals surface area contributed by atoms with Crippen LogP contribution in [-0.4, -0.2) is 28.6 Å². The average Bonchev–Trinajstić information content (AvgIpc) is 3.02. The molecule has 0 aliphatic heterocycles. The van der Waals surface area contributed by atoms with E-state index in [1.807, 2.05) is 25.3 Å². The van der Waals surface area contributed by atoms with Crippen molar-refractivity contribution >= 4 is 17.3 Å². The summed E-state index contributed by atoms with van der Waals surface area (Å²) < 4.78 is 6.07. The number of guanidine groups is 1. The molecule has 0 bridgehead atoms. The first kappa shape index (κ1) is 20.6. The van der Waals surface area contributed by atoms with Gasteiger partial charge in [-0.3, -0.25) is 0 Å². The number of rotatable bonds is 7. The van der Waals surface area contributed by atoms with E-state index in [9.17, 15) is 0 Å². The highest BCUT2D eigenvalue weighted by Gasteiger charge is 2.15. The summed E-state index contributed by atoms with van der Waals surface area (Å²) in [6, 6.07) is 4.01. The summed E-state index contributed by atoms with van der Waals surface area (Å²) in [5.74, 6) is 1.52. The molecule has 7 heteroatoms. The lowest BCUT2D eigenvalue weighted by Gasteiger charge is -2.22. The largest absolute Gasteiger partial charge is 0.474 e. The molecule has 0 radical (unpaired) electrons. The molecule has 2 N–H and O–H groups in total. The predicted molar refractivity (Wildman–Crippen MR) is 115 cm³/mol. The molecular formula is C21H31N5OS. The fraction of sp³-hybridized carbons (Fsp3) is 0.571. The van der Waals surface area contributed by atoms with Gasteiger partial charge in [0.15, 0.2) is 5.96 Å².